The van der Waals surface area contributed by atoms with Crippen LogP contribution in [0.2, 0.25) is 0 Å². The van der Waals surface area contributed by atoms with Crippen LogP contribution in [0.3, 0.4) is 0 Å². The fourth-order valence-corrected chi connectivity index (χ4v) is 4.11. The van der Waals surface area contributed by atoms with Crippen LogP contribution in [0.5, 0.6) is 5.75 Å². The third kappa shape index (κ3) is 4.80. The van der Waals surface area contributed by atoms with Crippen LogP contribution in [-0.4, -0.2) is 42.7 Å². The second-order valence-corrected chi connectivity index (χ2v) is 8.72. The first kappa shape index (κ1) is 19.9. The van der Waals surface area contributed by atoms with E-state index >= 15 is 0 Å². The van der Waals surface area contributed by atoms with Gasteiger partial charge in [-0.05, 0) is 50.1 Å². The Kier molecular flexibility index (Phi) is 5.61. The Hall–Kier alpha value is -2.37. The normalized spacial score (nSPS) is 21.1. The molecule has 1 unspecified atom stereocenters. The summed E-state index contributed by atoms with van der Waals surface area (Å²) in [5, 5.41) is 3.22. The van der Waals surface area contributed by atoms with Crippen LogP contribution < -0.4 is 10.1 Å². The minimum Gasteiger partial charge on any atom is -0.487 e. The van der Waals surface area contributed by atoms with Gasteiger partial charge in [-0.25, -0.2) is 0 Å². The molecule has 0 saturated carbocycles. The molecule has 4 rings (SSSR count). The van der Waals surface area contributed by atoms with E-state index < -0.39 is 0 Å². The summed E-state index contributed by atoms with van der Waals surface area (Å²) in [6.45, 7) is 10.6. The van der Waals surface area contributed by atoms with E-state index in [2.05, 4.69) is 61.3 Å². The third-order valence-electron chi connectivity index (χ3n) is 5.66. The molecule has 0 spiro atoms. The highest BCUT2D eigenvalue weighted by atomic mass is 16.5. The summed E-state index contributed by atoms with van der Waals surface area (Å²) >= 11 is 0. The van der Waals surface area contributed by atoms with Gasteiger partial charge in [-0.1, -0.05) is 24.3 Å². The molecule has 2 heterocycles. The molecule has 1 N–H and O–H groups in total. The van der Waals surface area contributed by atoms with E-state index in [0.717, 1.165) is 56.1 Å². The zero-order valence-electron chi connectivity index (χ0n) is 17.5. The second-order valence-electron chi connectivity index (χ2n) is 8.72. The van der Waals surface area contributed by atoms with Crippen molar-refractivity contribution in [3.63, 3.8) is 0 Å². The van der Waals surface area contributed by atoms with E-state index in [-0.39, 0.29) is 17.6 Å². The van der Waals surface area contributed by atoms with Crippen LogP contribution in [0, 0.1) is 6.92 Å². The lowest BCUT2D eigenvalue weighted by molar-refractivity contribution is 0.0342. The van der Waals surface area contributed by atoms with E-state index in [9.17, 15) is 4.79 Å². The molecule has 2 aliphatic rings. The van der Waals surface area contributed by atoms with Crippen LogP contribution in [-0.2, 0) is 11.3 Å². The second kappa shape index (κ2) is 8.17. The lowest BCUT2D eigenvalue weighted by atomic mass is 9.89. The van der Waals surface area contributed by atoms with Crippen molar-refractivity contribution in [2.24, 2.45) is 0 Å². The quantitative estimate of drug-likeness (QED) is 0.856. The summed E-state index contributed by atoms with van der Waals surface area (Å²) in [6, 6.07) is 14.1. The molecule has 1 atom stereocenters. The van der Waals surface area contributed by atoms with Crippen molar-refractivity contribution in [2.45, 2.75) is 45.4 Å². The smallest absolute Gasteiger partial charge is 0.251 e. The standard InChI is InChI=1S/C24H30N2O3/c1-17-4-9-20-21(15-24(2,3)29-22(20)14-17)25-23(27)19-7-5-18(6-8-19)16-26-10-12-28-13-11-26/h4-9,14,21H,10-13,15-16H2,1-3H3,(H,25,27). The minimum atomic E-state index is -0.319. The Morgan fingerprint density at radius 1 is 1.14 bits per heavy atom. The van der Waals surface area contributed by atoms with Gasteiger partial charge in [0, 0.05) is 37.2 Å². The summed E-state index contributed by atoms with van der Waals surface area (Å²) in [5.74, 6) is 0.824. The minimum absolute atomic E-state index is 0.0443. The molecule has 0 aromatic heterocycles. The van der Waals surface area contributed by atoms with Crippen molar-refractivity contribution < 1.29 is 14.3 Å². The number of carbonyl (C=O) groups excluding carboxylic acids is 1. The largest absolute Gasteiger partial charge is 0.487 e. The van der Waals surface area contributed by atoms with Crippen molar-refractivity contribution in [1.29, 1.82) is 0 Å². The molecule has 2 aliphatic heterocycles. The van der Waals surface area contributed by atoms with Crippen molar-refractivity contribution in [2.75, 3.05) is 26.3 Å². The fourth-order valence-electron chi connectivity index (χ4n) is 4.11. The molecule has 1 fully saturated rings. The molecule has 29 heavy (non-hydrogen) atoms. The molecule has 5 heteroatoms. The molecule has 0 radical (unpaired) electrons. The maximum atomic E-state index is 12.9. The molecule has 2 aromatic carbocycles. The van der Waals surface area contributed by atoms with Crippen LogP contribution in [0.4, 0.5) is 0 Å². The molecular formula is C24H30N2O3. The molecule has 0 aliphatic carbocycles. The lowest BCUT2D eigenvalue weighted by Gasteiger charge is -2.38. The number of aryl methyl sites for hydroxylation is 1. The van der Waals surface area contributed by atoms with E-state index in [4.69, 9.17) is 9.47 Å². The highest BCUT2D eigenvalue weighted by molar-refractivity contribution is 5.94. The summed E-state index contributed by atoms with van der Waals surface area (Å²) in [5.41, 5.74) is 3.79. The third-order valence-corrected chi connectivity index (χ3v) is 5.66. The zero-order valence-corrected chi connectivity index (χ0v) is 17.5. The van der Waals surface area contributed by atoms with E-state index in [1.807, 2.05) is 12.1 Å². The fraction of sp³-hybridized carbons (Fsp3) is 0.458. The predicted octanol–water partition coefficient (Wildman–Crippen LogP) is 3.86. The van der Waals surface area contributed by atoms with Crippen LogP contribution in [0.1, 0.15) is 53.4 Å². The molecular weight excluding hydrogens is 364 g/mol. The van der Waals surface area contributed by atoms with Gasteiger partial charge in [0.1, 0.15) is 11.4 Å². The molecule has 154 valence electrons. The van der Waals surface area contributed by atoms with Crippen molar-refractivity contribution in [3.8, 4) is 5.75 Å². The van der Waals surface area contributed by atoms with Gasteiger partial charge in [-0.3, -0.25) is 9.69 Å². The topological polar surface area (TPSA) is 50.8 Å². The van der Waals surface area contributed by atoms with Crippen molar-refractivity contribution >= 4 is 5.91 Å². The molecule has 5 nitrogen and oxygen atoms in total. The van der Waals surface area contributed by atoms with Gasteiger partial charge in [0.15, 0.2) is 0 Å². The number of ether oxygens (including phenoxy) is 2. The highest BCUT2D eigenvalue weighted by Gasteiger charge is 2.34. The number of carbonyl (C=O) groups is 1. The molecule has 0 bridgehead atoms. The average Bonchev–Trinajstić information content (AvgIpc) is 2.68. The summed E-state index contributed by atoms with van der Waals surface area (Å²) in [7, 11) is 0. The summed E-state index contributed by atoms with van der Waals surface area (Å²) in [6.07, 6.45) is 0.740. The Labute approximate surface area is 173 Å². The first-order chi connectivity index (χ1) is 13.9. The summed E-state index contributed by atoms with van der Waals surface area (Å²) < 4.78 is 11.5. The van der Waals surface area contributed by atoms with Gasteiger partial charge in [0.25, 0.3) is 5.91 Å². The Balaban J connectivity index is 1.45. The number of hydrogen-bond acceptors (Lipinski definition) is 4. The number of nitrogens with zero attached hydrogens (tertiary/aromatic N) is 1. The number of amides is 1. The number of benzene rings is 2. The van der Waals surface area contributed by atoms with Gasteiger partial charge < -0.3 is 14.8 Å². The average molecular weight is 395 g/mol. The first-order valence-corrected chi connectivity index (χ1v) is 10.4. The van der Waals surface area contributed by atoms with E-state index in [1.165, 1.54) is 5.56 Å². The number of nitrogens with one attached hydrogen (secondary N) is 1. The lowest BCUT2D eigenvalue weighted by Crippen LogP contribution is -2.41. The van der Waals surface area contributed by atoms with Gasteiger partial charge in [0.05, 0.1) is 19.3 Å². The zero-order chi connectivity index (χ0) is 20.4. The van der Waals surface area contributed by atoms with Crippen LogP contribution >= 0.6 is 0 Å². The number of morpholine rings is 1. The molecule has 2 aromatic rings. The SMILES string of the molecule is Cc1ccc2c(c1)OC(C)(C)CC2NC(=O)c1ccc(CN2CCOCC2)cc1. The maximum Gasteiger partial charge on any atom is 0.251 e. The van der Waals surface area contributed by atoms with Crippen molar-refractivity contribution in [1.82, 2.24) is 10.2 Å². The number of hydrogen-bond donors (Lipinski definition) is 1. The van der Waals surface area contributed by atoms with Crippen molar-refractivity contribution in [3.05, 3.63) is 64.7 Å². The maximum absolute atomic E-state index is 12.9. The van der Waals surface area contributed by atoms with Gasteiger partial charge >= 0.3 is 0 Å². The Bertz CT molecular complexity index is 870. The van der Waals surface area contributed by atoms with Gasteiger partial charge in [-0.2, -0.15) is 0 Å². The molecule has 1 saturated heterocycles. The van der Waals surface area contributed by atoms with Gasteiger partial charge in [-0.15, -0.1) is 0 Å². The Morgan fingerprint density at radius 2 is 1.86 bits per heavy atom. The monoisotopic (exact) mass is 394 g/mol. The first-order valence-electron chi connectivity index (χ1n) is 10.4. The van der Waals surface area contributed by atoms with E-state index in [1.54, 1.807) is 0 Å². The van der Waals surface area contributed by atoms with E-state index in [0.29, 0.717) is 5.56 Å². The number of fused-ring (bicyclic) bond motifs is 1. The molecule has 1 amide bonds. The Morgan fingerprint density at radius 3 is 2.59 bits per heavy atom. The number of rotatable bonds is 4. The van der Waals surface area contributed by atoms with Crippen LogP contribution in [0.25, 0.3) is 0 Å². The summed E-state index contributed by atoms with van der Waals surface area (Å²) in [4.78, 5) is 15.3. The van der Waals surface area contributed by atoms with Gasteiger partial charge in [0.2, 0.25) is 0 Å². The predicted molar refractivity (Wildman–Crippen MR) is 113 cm³/mol. The van der Waals surface area contributed by atoms with Crippen LogP contribution in [0.15, 0.2) is 42.5 Å². The highest BCUT2D eigenvalue weighted by Crippen LogP contribution is 2.40.